The summed E-state index contributed by atoms with van der Waals surface area (Å²) in [6.45, 7) is 0. The molecule has 0 fully saturated rings. The highest BCUT2D eigenvalue weighted by Gasteiger charge is 2.14. The molecule has 2 aromatic rings. The van der Waals surface area contributed by atoms with Gasteiger partial charge >= 0.3 is 0 Å². The second kappa shape index (κ2) is 6.09. The zero-order chi connectivity index (χ0) is 14.7. The second-order valence-electron chi connectivity index (χ2n) is 4.32. The Morgan fingerprint density at radius 1 is 0.900 bits per heavy atom. The summed E-state index contributed by atoms with van der Waals surface area (Å²) in [7, 11) is 0. The number of halogens is 4. The maximum absolute atomic E-state index is 13.4. The summed E-state index contributed by atoms with van der Waals surface area (Å²) >= 11 is 5.74. The monoisotopic (exact) mass is 298 g/mol. The smallest absolute Gasteiger partial charge is 0.162 e. The summed E-state index contributed by atoms with van der Waals surface area (Å²) in [6, 6.07) is 7.78. The number of hydrogen-bond donors (Lipinski definition) is 0. The van der Waals surface area contributed by atoms with Crippen LogP contribution in [0, 0.1) is 17.5 Å². The first kappa shape index (κ1) is 14.6. The normalized spacial score (nSPS) is 10.6. The van der Waals surface area contributed by atoms with Crippen molar-refractivity contribution in [1.29, 1.82) is 0 Å². The van der Waals surface area contributed by atoms with Crippen LogP contribution in [-0.4, -0.2) is 5.78 Å². The summed E-state index contributed by atoms with van der Waals surface area (Å²) < 4.78 is 39.7. The Morgan fingerprint density at radius 3 is 2.15 bits per heavy atom. The van der Waals surface area contributed by atoms with Crippen molar-refractivity contribution in [2.45, 2.75) is 12.8 Å². The molecular formula is C15H10ClF3O. The molecule has 2 rings (SSSR count). The lowest BCUT2D eigenvalue weighted by Gasteiger charge is -2.06. The van der Waals surface area contributed by atoms with E-state index in [1.807, 2.05) is 0 Å². The van der Waals surface area contributed by atoms with E-state index in [0.29, 0.717) is 5.56 Å². The third-order valence-corrected chi connectivity index (χ3v) is 3.26. The molecule has 0 amide bonds. The van der Waals surface area contributed by atoms with Crippen molar-refractivity contribution < 1.29 is 18.0 Å². The molecule has 0 spiro atoms. The van der Waals surface area contributed by atoms with E-state index >= 15 is 0 Å². The Bertz CT molecular complexity index is 600. The molecule has 0 aliphatic rings. The maximum atomic E-state index is 13.4. The lowest BCUT2D eigenvalue weighted by atomic mass is 10.0. The summed E-state index contributed by atoms with van der Waals surface area (Å²) in [5.41, 5.74) is 0.302. The fourth-order valence-electron chi connectivity index (χ4n) is 1.86. The van der Waals surface area contributed by atoms with Crippen LogP contribution in [0.25, 0.3) is 0 Å². The van der Waals surface area contributed by atoms with Gasteiger partial charge in [0.1, 0.15) is 11.6 Å². The molecule has 1 nitrogen and oxygen atoms in total. The predicted octanol–water partition coefficient (Wildman–Crippen LogP) is 4.11. The first-order valence-corrected chi connectivity index (χ1v) is 6.24. The van der Waals surface area contributed by atoms with Crippen molar-refractivity contribution in [3.63, 3.8) is 0 Å². The van der Waals surface area contributed by atoms with Crippen molar-refractivity contribution in [3.05, 3.63) is 70.0 Å². The number of Topliss-reactive ketones (excluding diaryl/α,β-unsaturated/α-hetero) is 1. The van der Waals surface area contributed by atoms with Crippen molar-refractivity contribution in [2.24, 2.45) is 0 Å². The zero-order valence-electron chi connectivity index (χ0n) is 10.3. The van der Waals surface area contributed by atoms with E-state index in [2.05, 4.69) is 0 Å². The molecule has 0 radical (unpaired) electrons. The third kappa shape index (κ3) is 3.20. The van der Waals surface area contributed by atoms with E-state index in [9.17, 15) is 18.0 Å². The van der Waals surface area contributed by atoms with Gasteiger partial charge in [-0.1, -0.05) is 35.9 Å². The Balaban J connectivity index is 2.13. The quantitative estimate of drug-likeness (QED) is 0.830. The molecular weight excluding hydrogens is 289 g/mol. The first-order valence-electron chi connectivity index (χ1n) is 5.86. The summed E-state index contributed by atoms with van der Waals surface area (Å²) in [5, 5.41) is -0.124. The van der Waals surface area contributed by atoms with Gasteiger partial charge in [0.05, 0.1) is 5.02 Å². The van der Waals surface area contributed by atoms with Crippen LogP contribution in [0.2, 0.25) is 5.02 Å². The van der Waals surface area contributed by atoms with E-state index in [4.69, 9.17) is 11.6 Å². The molecule has 0 saturated carbocycles. The van der Waals surface area contributed by atoms with Gasteiger partial charge in [-0.3, -0.25) is 4.79 Å². The third-order valence-electron chi connectivity index (χ3n) is 2.84. The minimum absolute atomic E-state index is 0.0254. The van der Waals surface area contributed by atoms with Gasteiger partial charge in [-0.05, 0) is 23.3 Å². The molecule has 20 heavy (non-hydrogen) atoms. The van der Waals surface area contributed by atoms with Gasteiger partial charge in [0.25, 0.3) is 0 Å². The summed E-state index contributed by atoms with van der Waals surface area (Å²) in [5.74, 6) is -3.03. The van der Waals surface area contributed by atoms with E-state index in [1.54, 1.807) is 0 Å². The molecule has 0 saturated heterocycles. The van der Waals surface area contributed by atoms with Crippen LogP contribution in [0.5, 0.6) is 0 Å². The van der Waals surface area contributed by atoms with E-state index in [0.717, 1.165) is 6.07 Å². The van der Waals surface area contributed by atoms with Crippen molar-refractivity contribution in [3.8, 4) is 0 Å². The Kier molecular flexibility index (Phi) is 4.45. The summed E-state index contributed by atoms with van der Waals surface area (Å²) in [4.78, 5) is 11.8. The van der Waals surface area contributed by atoms with Crippen LogP contribution in [0.15, 0.2) is 36.4 Å². The Hall–Kier alpha value is -1.81. The van der Waals surface area contributed by atoms with Crippen LogP contribution >= 0.6 is 11.6 Å². The van der Waals surface area contributed by atoms with Gasteiger partial charge in [-0.25, -0.2) is 13.2 Å². The molecule has 0 unspecified atom stereocenters. The van der Waals surface area contributed by atoms with Crippen molar-refractivity contribution in [2.75, 3.05) is 0 Å². The molecule has 0 aromatic heterocycles. The van der Waals surface area contributed by atoms with Crippen LogP contribution < -0.4 is 0 Å². The minimum atomic E-state index is -1.04. The van der Waals surface area contributed by atoms with Gasteiger partial charge in [-0.2, -0.15) is 0 Å². The number of hydrogen-bond acceptors (Lipinski definition) is 1. The first-order chi connectivity index (χ1) is 9.49. The fraction of sp³-hybridized carbons (Fsp3) is 0.133. The zero-order valence-corrected chi connectivity index (χ0v) is 11.1. The standard InChI is InChI=1S/C15H10ClF3O/c16-14-9(3-1-5-12(14)17)7-11(20)8-10-4-2-6-13(18)15(10)19/h1-6H,7-8H2. The number of carbonyl (C=O) groups is 1. The topological polar surface area (TPSA) is 17.1 Å². The fourth-order valence-corrected chi connectivity index (χ4v) is 2.05. The Labute approximate surface area is 119 Å². The second-order valence-corrected chi connectivity index (χ2v) is 4.70. The average molecular weight is 299 g/mol. The van der Waals surface area contributed by atoms with E-state index in [-0.39, 0.29) is 29.2 Å². The average Bonchev–Trinajstić information content (AvgIpc) is 2.40. The molecule has 0 N–H and O–H groups in total. The lowest BCUT2D eigenvalue weighted by Crippen LogP contribution is -2.09. The number of carbonyl (C=O) groups excluding carboxylic acids is 1. The molecule has 0 aliphatic carbocycles. The molecule has 104 valence electrons. The number of rotatable bonds is 4. The molecule has 5 heteroatoms. The van der Waals surface area contributed by atoms with Gasteiger partial charge in [0.2, 0.25) is 0 Å². The van der Waals surface area contributed by atoms with Gasteiger partial charge < -0.3 is 0 Å². The van der Waals surface area contributed by atoms with E-state index in [1.165, 1.54) is 30.3 Å². The maximum Gasteiger partial charge on any atom is 0.162 e. The molecule has 0 aliphatic heterocycles. The van der Waals surface area contributed by atoms with Gasteiger partial charge in [0.15, 0.2) is 11.6 Å². The largest absolute Gasteiger partial charge is 0.299 e. The molecule has 0 atom stereocenters. The van der Waals surface area contributed by atoms with Crippen LogP contribution in [0.1, 0.15) is 11.1 Å². The Morgan fingerprint density at radius 2 is 1.45 bits per heavy atom. The highest BCUT2D eigenvalue weighted by atomic mass is 35.5. The highest BCUT2D eigenvalue weighted by Crippen LogP contribution is 2.21. The highest BCUT2D eigenvalue weighted by molar-refractivity contribution is 6.31. The summed E-state index contributed by atoms with van der Waals surface area (Å²) in [6.07, 6.45) is -0.400. The predicted molar refractivity (Wildman–Crippen MR) is 70.2 cm³/mol. The molecule has 0 heterocycles. The van der Waals surface area contributed by atoms with Gasteiger partial charge in [0, 0.05) is 12.8 Å². The number of benzene rings is 2. The SMILES string of the molecule is O=C(Cc1cccc(F)c1F)Cc1cccc(F)c1Cl. The minimum Gasteiger partial charge on any atom is -0.299 e. The van der Waals surface area contributed by atoms with Crippen molar-refractivity contribution >= 4 is 17.4 Å². The van der Waals surface area contributed by atoms with Gasteiger partial charge in [-0.15, -0.1) is 0 Å². The lowest BCUT2D eigenvalue weighted by molar-refractivity contribution is -0.117. The molecule has 2 aromatic carbocycles. The van der Waals surface area contributed by atoms with Crippen LogP contribution in [0.4, 0.5) is 13.2 Å². The number of ketones is 1. The molecule has 0 bridgehead atoms. The van der Waals surface area contributed by atoms with Crippen LogP contribution in [0.3, 0.4) is 0 Å². The van der Waals surface area contributed by atoms with Crippen molar-refractivity contribution in [1.82, 2.24) is 0 Å². The van der Waals surface area contributed by atoms with Crippen LogP contribution in [-0.2, 0) is 17.6 Å². The van der Waals surface area contributed by atoms with E-state index < -0.39 is 17.5 Å².